The smallest absolute Gasteiger partial charge is 0.234 e. The van der Waals surface area contributed by atoms with Gasteiger partial charge in [-0.05, 0) is 30.5 Å². The number of hydrogen-bond acceptors (Lipinski definition) is 4. The Labute approximate surface area is 206 Å². The maximum atomic E-state index is 12.7. The van der Waals surface area contributed by atoms with Crippen LogP contribution < -0.4 is 5.32 Å². The number of benzene rings is 4. The van der Waals surface area contributed by atoms with Gasteiger partial charge in [0.15, 0.2) is 11.0 Å². The molecule has 0 atom stereocenters. The maximum absolute atomic E-state index is 12.7. The maximum Gasteiger partial charge on any atom is 0.234 e. The molecule has 0 aliphatic carbocycles. The van der Waals surface area contributed by atoms with E-state index in [2.05, 4.69) is 58.8 Å². The van der Waals surface area contributed by atoms with Gasteiger partial charge in [0.05, 0.1) is 22.2 Å². The molecule has 0 aliphatic heterocycles. The Morgan fingerprint density at radius 2 is 1.65 bits per heavy atom. The van der Waals surface area contributed by atoms with Crippen LogP contribution in [0.4, 0.5) is 5.69 Å². The van der Waals surface area contributed by atoms with Crippen molar-refractivity contribution in [3.63, 3.8) is 0 Å². The number of aryl methyl sites for hydroxylation is 1. The third-order valence-electron chi connectivity index (χ3n) is 5.43. The summed E-state index contributed by atoms with van der Waals surface area (Å²) in [6, 6.07) is 29.7. The molecule has 1 N–H and O–H groups in total. The van der Waals surface area contributed by atoms with E-state index in [4.69, 9.17) is 11.6 Å². The van der Waals surface area contributed by atoms with Crippen molar-refractivity contribution >= 4 is 45.7 Å². The van der Waals surface area contributed by atoms with Crippen molar-refractivity contribution in [1.82, 2.24) is 14.8 Å². The van der Waals surface area contributed by atoms with Gasteiger partial charge in [-0.2, -0.15) is 0 Å². The van der Waals surface area contributed by atoms with Crippen molar-refractivity contribution in [2.45, 2.75) is 12.1 Å². The summed E-state index contributed by atoms with van der Waals surface area (Å²) in [7, 11) is 0. The average Bonchev–Trinajstić information content (AvgIpc) is 3.28. The molecule has 0 saturated heterocycles. The molecule has 7 heteroatoms. The highest BCUT2D eigenvalue weighted by Gasteiger charge is 2.19. The molecular formula is C27H21ClN4OS. The zero-order valence-electron chi connectivity index (χ0n) is 18.4. The van der Waals surface area contributed by atoms with Crippen LogP contribution in [0.15, 0.2) is 96.2 Å². The third-order valence-corrected chi connectivity index (χ3v) is 6.69. The summed E-state index contributed by atoms with van der Waals surface area (Å²) in [6.45, 7) is 2.05. The number of fused-ring (bicyclic) bond motifs is 1. The quantitative estimate of drug-likeness (QED) is 0.270. The van der Waals surface area contributed by atoms with Crippen molar-refractivity contribution in [3.05, 3.63) is 102 Å². The molecule has 0 saturated carbocycles. The molecule has 4 aromatic carbocycles. The van der Waals surface area contributed by atoms with E-state index in [0.29, 0.717) is 15.9 Å². The van der Waals surface area contributed by atoms with Gasteiger partial charge in [0.1, 0.15) is 0 Å². The van der Waals surface area contributed by atoms with Gasteiger partial charge in [-0.1, -0.05) is 102 Å². The van der Waals surface area contributed by atoms with Crippen molar-refractivity contribution < 1.29 is 4.79 Å². The van der Waals surface area contributed by atoms with E-state index < -0.39 is 0 Å². The summed E-state index contributed by atoms with van der Waals surface area (Å²) in [6.07, 6.45) is 0. The van der Waals surface area contributed by atoms with Crippen molar-refractivity contribution in [1.29, 1.82) is 0 Å². The van der Waals surface area contributed by atoms with Crippen LogP contribution in [0.2, 0.25) is 5.02 Å². The van der Waals surface area contributed by atoms with Gasteiger partial charge in [-0.3, -0.25) is 9.36 Å². The summed E-state index contributed by atoms with van der Waals surface area (Å²) in [5.74, 6) is 0.731. The lowest BCUT2D eigenvalue weighted by molar-refractivity contribution is -0.113. The zero-order chi connectivity index (χ0) is 23.5. The summed E-state index contributed by atoms with van der Waals surface area (Å²) >= 11 is 7.52. The molecule has 34 heavy (non-hydrogen) atoms. The van der Waals surface area contributed by atoms with Crippen molar-refractivity contribution in [3.8, 4) is 17.1 Å². The summed E-state index contributed by atoms with van der Waals surface area (Å²) < 4.78 is 2.03. The molecule has 1 aromatic heterocycles. The Morgan fingerprint density at radius 1 is 0.912 bits per heavy atom. The van der Waals surface area contributed by atoms with Crippen molar-refractivity contribution in [2.75, 3.05) is 11.1 Å². The lowest BCUT2D eigenvalue weighted by atomic mass is 10.1. The number of carbonyl (C=O) groups excluding carboxylic acids is 1. The fourth-order valence-corrected chi connectivity index (χ4v) is 4.68. The number of anilines is 1. The van der Waals surface area contributed by atoms with E-state index in [-0.39, 0.29) is 11.7 Å². The number of carbonyl (C=O) groups is 1. The van der Waals surface area contributed by atoms with E-state index in [1.54, 1.807) is 12.1 Å². The van der Waals surface area contributed by atoms with E-state index in [1.165, 1.54) is 17.3 Å². The first-order valence-corrected chi connectivity index (χ1v) is 12.1. The number of para-hydroxylation sites is 1. The number of rotatable bonds is 6. The van der Waals surface area contributed by atoms with Crippen LogP contribution in [0.3, 0.4) is 0 Å². The van der Waals surface area contributed by atoms with Gasteiger partial charge in [-0.15, -0.1) is 10.2 Å². The molecule has 0 radical (unpaired) electrons. The molecule has 1 amide bonds. The van der Waals surface area contributed by atoms with Crippen molar-refractivity contribution in [2.24, 2.45) is 0 Å². The Kier molecular flexibility index (Phi) is 6.34. The first kappa shape index (κ1) is 22.2. The molecule has 0 bridgehead atoms. The van der Waals surface area contributed by atoms with E-state index in [1.807, 2.05) is 47.0 Å². The second-order valence-electron chi connectivity index (χ2n) is 7.82. The number of thioether (sulfide) groups is 1. The minimum absolute atomic E-state index is 0.164. The van der Waals surface area contributed by atoms with Gasteiger partial charge in [0.25, 0.3) is 0 Å². The van der Waals surface area contributed by atoms with E-state index >= 15 is 0 Å². The van der Waals surface area contributed by atoms with Crippen LogP contribution >= 0.6 is 23.4 Å². The van der Waals surface area contributed by atoms with E-state index in [0.717, 1.165) is 27.8 Å². The van der Waals surface area contributed by atoms with Crippen LogP contribution in [0.5, 0.6) is 0 Å². The first-order valence-electron chi connectivity index (χ1n) is 10.8. The second kappa shape index (κ2) is 9.71. The minimum atomic E-state index is -0.164. The van der Waals surface area contributed by atoms with E-state index in [9.17, 15) is 4.79 Å². The number of nitrogens with one attached hydrogen (secondary N) is 1. The molecule has 0 spiro atoms. The number of aromatic nitrogens is 3. The molecule has 168 valence electrons. The molecular weight excluding hydrogens is 464 g/mol. The second-order valence-corrected chi connectivity index (χ2v) is 9.17. The van der Waals surface area contributed by atoms with Gasteiger partial charge in [-0.25, -0.2) is 0 Å². The fraction of sp³-hybridized carbons (Fsp3) is 0.0741. The summed E-state index contributed by atoms with van der Waals surface area (Å²) in [5.41, 5.74) is 3.68. The zero-order valence-corrected chi connectivity index (χ0v) is 20.0. The Morgan fingerprint density at radius 3 is 2.47 bits per heavy atom. The Bertz CT molecular complexity index is 1470. The summed E-state index contributed by atoms with van der Waals surface area (Å²) in [4.78, 5) is 12.7. The molecule has 5 nitrogen and oxygen atoms in total. The van der Waals surface area contributed by atoms with Crippen LogP contribution in [0, 0.1) is 6.92 Å². The number of nitrogens with zero attached hydrogens (tertiary/aromatic N) is 3. The highest BCUT2D eigenvalue weighted by atomic mass is 35.5. The highest BCUT2D eigenvalue weighted by Crippen LogP contribution is 2.32. The molecule has 0 aliphatic rings. The predicted octanol–water partition coefficient (Wildman–Crippen LogP) is 6.78. The average molecular weight is 485 g/mol. The van der Waals surface area contributed by atoms with Gasteiger partial charge in [0, 0.05) is 10.9 Å². The number of amides is 1. The topological polar surface area (TPSA) is 59.8 Å². The molecule has 1 heterocycles. The summed E-state index contributed by atoms with van der Waals surface area (Å²) in [5, 5.41) is 15.2. The van der Waals surface area contributed by atoms with Crippen LogP contribution in [-0.2, 0) is 4.79 Å². The minimum Gasteiger partial charge on any atom is -0.324 e. The molecule has 5 rings (SSSR count). The molecule has 5 aromatic rings. The predicted molar refractivity (Wildman–Crippen MR) is 140 cm³/mol. The Balaban J connectivity index is 1.52. The highest BCUT2D eigenvalue weighted by molar-refractivity contribution is 7.99. The molecule has 0 unspecified atom stereocenters. The van der Waals surface area contributed by atoms with Gasteiger partial charge < -0.3 is 5.32 Å². The van der Waals surface area contributed by atoms with Crippen LogP contribution in [0.25, 0.3) is 27.8 Å². The molecule has 0 fully saturated rings. The first-order chi connectivity index (χ1) is 16.6. The number of hydrogen-bond donors (Lipinski definition) is 1. The van der Waals surface area contributed by atoms with Crippen LogP contribution in [-0.4, -0.2) is 26.4 Å². The normalized spacial score (nSPS) is 11.0. The monoisotopic (exact) mass is 484 g/mol. The standard InChI is InChI=1S/C27H21ClN4OS/c1-18-13-15-20(16-14-18)26-30-31-27(34-17-25(33)29-23-11-5-4-10-22(23)28)32(26)24-12-6-8-19-7-2-3-9-21(19)24/h2-16H,17H2,1H3,(H,29,33). The fourth-order valence-electron chi connectivity index (χ4n) is 3.75. The van der Waals surface area contributed by atoms with Gasteiger partial charge in [0.2, 0.25) is 5.91 Å². The Hall–Kier alpha value is -3.61. The lowest BCUT2D eigenvalue weighted by Gasteiger charge is -2.13. The van der Waals surface area contributed by atoms with Gasteiger partial charge >= 0.3 is 0 Å². The van der Waals surface area contributed by atoms with Crippen LogP contribution in [0.1, 0.15) is 5.56 Å². The SMILES string of the molecule is Cc1ccc(-c2nnc(SCC(=O)Nc3ccccc3Cl)n2-c2cccc3ccccc23)cc1. The lowest BCUT2D eigenvalue weighted by Crippen LogP contribution is -2.15. The number of halogens is 1. The third kappa shape index (κ3) is 4.55. The largest absolute Gasteiger partial charge is 0.324 e.